The van der Waals surface area contributed by atoms with E-state index in [-0.39, 0.29) is 12.3 Å². The lowest BCUT2D eigenvalue weighted by Gasteiger charge is -2.33. The third-order valence-electron chi connectivity index (χ3n) is 3.07. The first-order valence-corrected chi connectivity index (χ1v) is 5.67. The quantitative estimate of drug-likeness (QED) is 0.601. The Balaban J connectivity index is 2.63. The Morgan fingerprint density at radius 2 is 2.35 bits per heavy atom. The van der Waals surface area contributed by atoms with Crippen LogP contribution < -0.4 is 10.6 Å². The first-order valence-electron chi connectivity index (χ1n) is 5.67. The summed E-state index contributed by atoms with van der Waals surface area (Å²) in [4.78, 5) is 22.9. The number of hydrogen-bond acceptors (Lipinski definition) is 3. The molecule has 94 valence electrons. The molecular weight excluding hydrogens is 220 g/mol. The molecule has 0 aromatic rings. The molecule has 2 atom stereocenters. The minimum absolute atomic E-state index is 0.00455. The number of amides is 1. The summed E-state index contributed by atoms with van der Waals surface area (Å²) < 4.78 is 0. The van der Waals surface area contributed by atoms with Gasteiger partial charge in [-0.2, -0.15) is 0 Å². The number of nitrogens with one attached hydrogen (secondary N) is 2. The molecule has 0 aliphatic carbocycles. The van der Waals surface area contributed by atoms with E-state index in [0.717, 1.165) is 19.4 Å². The molecule has 1 fully saturated rings. The standard InChI is InChI=1S/C12H18N2O3/c1-3-5-9(10(15)16)14-11(17)12(2)6-4-7-13-8-12/h1,9,13H,4-8H2,2H3,(H,14,17)(H,15,16). The molecule has 1 saturated heterocycles. The van der Waals surface area contributed by atoms with Gasteiger partial charge in [0.1, 0.15) is 6.04 Å². The van der Waals surface area contributed by atoms with Crippen molar-refractivity contribution in [3.8, 4) is 12.3 Å². The van der Waals surface area contributed by atoms with Crippen molar-refractivity contribution in [2.75, 3.05) is 13.1 Å². The summed E-state index contributed by atoms with van der Waals surface area (Å²) in [5.41, 5.74) is -0.541. The van der Waals surface area contributed by atoms with Crippen molar-refractivity contribution in [1.29, 1.82) is 0 Å². The molecule has 1 aliphatic heterocycles. The van der Waals surface area contributed by atoms with Crippen LogP contribution in [0.1, 0.15) is 26.2 Å². The number of carboxylic acid groups (broad SMARTS) is 1. The lowest BCUT2D eigenvalue weighted by molar-refractivity contribution is -0.143. The van der Waals surface area contributed by atoms with Crippen LogP contribution in [0.4, 0.5) is 0 Å². The first-order chi connectivity index (χ1) is 7.99. The summed E-state index contributed by atoms with van der Waals surface area (Å²) in [5, 5.41) is 14.6. The largest absolute Gasteiger partial charge is 0.480 e. The number of carbonyl (C=O) groups excluding carboxylic acids is 1. The van der Waals surface area contributed by atoms with E-state index in [1.54, 1.807) is 0 Å². The molecule has 1 heterocycles. The van der Waals surface area contributed by atoms with E-state index in [4.69, 9.17) is 11.5 Å². The summed E-state index contributed by atoms with van der Waals surface area (Å²) in [7, 11) is 0. The number of terminal acetylenes is 1. The van der Waals surface area contributed by atoms with Crippen LogP contribution in [0.2, 0.25) is 0 Å². The summed E-state index contributed by atoms with van der Waals surface area (Å²) in [6.07, 6.45) is 6.75. The van der Waals surface area contributed by atoms with Crippen LogP contribution in [-0.4, -0.2) is 36.1 Å². The molecule has 17 heavy (non-hydrogen) atoms. The molecule has 0 saturated carbocycles. The zero-order valence-electron chi connectivity index (χ0n) is 9.95. The minimum atomic E-state index is -1.09. The topological polar surface area (TPSA) is 78.4 Å². The third kappa shape index (κ3) is 3.46. The van der Waals surface area contributed by atoms with Gasteiger partial charge in [-0.05, 0) is 26.3 Å². The fourth-order valence-electron chi connectivity index (χ4n) is 1.90. The van der Waals surface area contributed by atoms with Gasteiger partial charge in [0.05, 0.1) is 5.41 Å². The Morgan fingerprint density at radius 3 is 2.82 bits per heavy atom. The van der Waals surface area contributed by atoms with Crippen LogP contribution in [-0.2, 0) is 9.59 Å². The zero-order valence-corrected chi connectivity index (χ0v) is 9.95. The molecular formula is C12H18N2O3. The van der Waals surface area contributed by atoms with E-state index in [2.05, 4.69) is 16.6 Å². The predicted molar refractivity (Wildman–Crippen MR) is 63.2 cm³/mol. The molecule has 0 bridgehead atoms. The maximum Gasteiger partial charge on any atom is 0.327 e. The van der Waals surface area contributed by atoms with Crippen LogP contribution in [0, 0.1) is 17.8 Å². The SMILES string of the molecule is C#CCC(NC(=O)C1(C)CCCNC1)C(=O)O. The molecule has 0 aromatic heterocycles. The molecule has 0 spiro atoms. The highest BCUT2D eigenvalue weighted by atomic mass is 16.4. The van der Waals surface area contributed by atoms with E-state index in [9.17, 15) is 9.59 Å². The van der Waals surface area contributed by atoms with Crippen molar-refractivity contribution in [3.63, 3.8) is 0 Å². The Kier molecular flexibility index (Phi) is 4.53. The fourth-order valence-corrected chi connectivity index (χ4v) is 1.90. The Hall–Kier alpha value is -1.54. The van der Waals surface area contributed by atoms with Crippen LogP contribution in [0.15, 0.2) is 0 Å². The highest BCUT2D eigenvalue weighted by Crippen LogP contribution is 2.25. The molecule has 1 amide bonds. The average Bonchev–Trinajstić information content (AvgIpc) is 2.29. The van der Waals surface area contributed by atoms with Gasteiger partial charge in [0.15, 0.2) is 0 Å². The number of rotatable bonds is 4. The molecule has 5 nitrogen and oxygen atoms in total. The third-order valence-corrected chi connectivity index (χ3v) is 3.07. The molecule has 2 unspecified atom stereocenters. The van der Waals surface area contributed by atoms with Gasteiger partial charge in [-0.3, -0.25) is 4.79 Å². The maximum atomic E-state index is 12.0. The van der Waals surface area contributed by atoms with Gasteiger partial charge in [-0.1, -0.05) is 0 Å². The van der Waals surface area contributed by atoms with E-state index in [1.807, 2.05) is 6.92 Å². The van der Waals surface area contributed by atoms with Gasteiger partial charge < -0.3 is 15.7 Å². The van der Waals surface area contributed by atoms with Gasteiger partial charge in [-0.15, -0.1) is 12.3 Å². The van der Waals surface area contributed by atoms with E-state index in [0.29, 0.717) is 6.54 Å². The van der Waals surface area contributed by atoms with Gasteiger partial charge in [-0.25, -0.2) is 4.79 Å². The number of aliphatic carboxylic acids is 1. The van der Waals surface area contributed by atoms with Crippen molar-refractivity contribution in [3.05, 3.63) is 0 Å². The predicted octanol–water partition coefficient (Wildman–Crippen LogP) is -0.0312. The smallest absolute Gasteiger partial charge is 0.327 e. The van der Waals surface area contributed by atoms with Crippen molar-refractivity contribution in [2.24, 2.45) is 5.41 Å². The minimum Gasteiger partial charge on any atom is -0.480 e. The normalized spacial score (nSPS) is 25.6. The summed E-state index contributed by atoms with van der Waals surface area (Å²) in [5.74, 6) is 0.922. The lowest BCUT2D eigenvalue weighted by atomic mass is 9.81. The van der Waals surface area contributed by atoms with E-state index in [1.165, 1.54) is 0 Å². The first kappa shape index (κ1) is 13.5. The number of hydrogen-bond donors (Lipinski definition) is 3. The van der Waals surface area contributed by atoms with Crippen molar-refractivity contribution in [1.82, 2.24) is 10.6 Å². The van der Waals surface area contributed by atoms with Crippen LogP contribution in [0.5, 0.6) is 0 Å². The van der Waals surface area contributed by atoms with Crippen molar-refractivity contribution >= 4 is 11.9 Å². The Morgan fingerprint density at radius 1 is 1.65 bits per heavy atom. The van der Waals surface area contributed by atoms with Crippen molar-refractivity contribution in [2.45, 2.75) is 32.2 Å². The molecule has 5 heteroatoms. The summed E-state index contributed by atoms with van der Waals surface area (Å²) in [6, 6.07) is -0.994. The highest BCUT2D eigenvalue weighted by molar-refractivity contribution is 5.87. The van der Waals surface area contributed by atoms with Crippen LogP contribution in [0.25, 0.3) is 0 Å². The zero-order chi connectivity index (χ0) is 12.9. The number of carbonyl (C=O) groups is 2. The Labute approximate surface area is 101 Å². The van der Waals surface area contributed by atoms with Gasteiger partial charge in [0.25, 0.3) is 0 Å². The molecule has 0 aromatic carbocycles. The molecule has 1 aliphatic rings. The number of carboxylic acids is 1. The monoisotopic (exact) mass is 238 g/mol. The number of piperidine rings is 1. The second-order valence-corrected chi connectivity index (χ2v) is 4.61. The Bertz CT molecular complexity index is 340. The highest BCUT2D eigenvalue weighted by Gasteiger charge is 2.36. The van der Waals surface area contributed by atoms with Gasteiger partial charge >= 0.3 is 5.97 Å². The second-order valence-electron chi connectivity index (χ2n) is 4.61. The van der Waals surface area contributed by atoms with E-state index < -0.39 is 17.4 Å². The summed E-state index contributed by atoms with van der Waals surface area (Å²) >= 11 is 0. The summed E-state index contributed by atoms with van der Waals surface area (Å²) in [6.45, 7) is 3.31. The van der Waals surface area contributed by atoms with Gasteiger partial charge in [0.2, 0.25) is 5.91 Å². The molecule has 3 N–H and O–H groups in total. The second kappa shape index (κ2) is 5.69. The fraction of sp³-hybridized carbons (Fsp3) is 0.667. The van der Waals surface area contributed by atoms with Gasteiger partial charge in [0, 0.05) is 13.0 Å². The van der Waals surface area contributed by atoms with Crippen LogP contribution in [0.3, 0.4) is 0 Å². The maximum absolute atomic E-state index is 12.0. The average molecular weight is 238 g/mol. The molecule has 1 rings (SSSR count). The molecule has 0 radical (unpaired) electrons. The van der Waals surface area contributed by atoms with Crippen molar-refractivity contribution < 1.29 is 14.7 Å². The lowest BCUT2D eigenvalue weighted by Crippen LogP contribution is -2.52. The van der Waals surface area contributed by atoms with Crippen LogP contribution >= 0.6 is 0 Å². The van der Waals surface area contributed by atoms with E-state index >= 15 is 0 Å².